The summed E-state index contributed by atoms with van der Waals surface area (Å²) in [5.74, 6) is -0.156. The van der Waals surface area contributed by atoms with Gasteiger partial charge in [-0.1, -0.05) is 24.3 Å². The van der Waals surface area contributed by atoms with E-state index in [2.05, 4.69) is 32.3 Å². The summed E-state index contributed by atoms with van der Waals surface area (Å²) in [6, 6.07) is 13.3. The summed E-state index contributed by atoms with van der Waals surface area (Å²) in [5, 5.41) is 3.92. The Morgan fingerprint density at radius 2 is 1.84 bits per heavy atom. The van der Waals surface area contributed by atoms with E-state index in [0.717, 1.165) is 26.5 Å². The van der Waals surface area contributed by atoms with Gasteiger partial charge >= 0.3 is 0 Å². The van der Waals surface area contributed by atoms with E-state index < -0.39 is 0 Å². The number of benzene rings is 2. The van der Waals surface area contributed by atoms with E-state index in [4.69, 9.17) is 0 Å². The number of hydrogen-bond acceptors (Lipinski definition) is 2. The molecule has 1 heterocycles. The number of aryl methyl sites for hydroxylation is 2. The summed E-state index contributed by atoms with van der Waals surface area (Å²) in [7, 11) is 0. The van der Waals surface area contributed by atoms with Crippen molar-refractivity contribution in [2.75, 3.05) is 6.54 Å². The van der Waals surface area contributed by atoms with E-state index in [1.807, 2.05) is 44.2 Å². The molecule has 0 unspecified atom stereocenters. The average Bonchev–Trinajstić information content (AvgIpc) is 2.59. The molecule has 0 saturated carbocycles. The molecule has 0 spiro atoms. The minimum absolute atomic E-state index is 0.101. The molecule has 2 aromatic carbocycles. The molecule has 0 aliphatic carbocycles. The van der Waals surface area contributed by atoms with Crippen molar-refractivity contribution in [3.8, 4) is 0 Å². The van der Waals surface area contributed by atoms with Crippen molar-refractivity contribution >= 4 is 32.7 Å². The Balaban J connectivity index is 1.77. The third kappa shape index (κ3) is 3.66. The Kier molecular flexibility index (Phi) is 5.04. The maximum atomic E-state index is 12.3. The highest BCUT2D eigenvalue weighted by atomic mass is 79.9. The van der Waals surface area contributed by atoms with Crippen LogP contribution in [0.4, 0.5) is 0 Å². The van der Waals surface area contributed by atoms with Crippen LogP contribution in [0.25, 0.3) is 10.9 Å². The van der Waals surface area contributed by atoms with Gasteiger partial charge in [-0.25, -0.2) is 0 Å². The molecule has 3 aromatic rings. The number of halogens is 1. The highest BCUT2D eigenvalue weighted by molar-refractivity contribution is 9.10. The van der Waals surface area contributed by atoms with Crippen molar-refractivity contribution in [3.05, 3.63) is 79.5 Å². The second-order valence-corrected chi connectivity index (χ2v) is 6.95. The smallest absolute Gasteiger partial charge is 0.252 e. The van der Waals surface area contributed by atoms with E-state index in [0.29, 0.717) is 24.1 Å². The number of carbonyl (C=O) groups excluding carboxylic acids is 1. The first-order chi connectivity index (χ1) is 12.0. The number of pyridine rings is 1. The van der Waals surface area contributed by atoms with Gasteiger partial charge in [0.2, 0.25) is 0 Å². The maximum Gasteiger partial charge on any atom is 0.252 e. The molecule has 0 bridgehead atoms. The van der Waals surface area contributed by atoms with E-state index in [1.165, 1.54) is 0 Å². The fourth-order valence-electron chi connectivity index (χ4n) is 2.86. The Labute approximate surface area is 154 Å². The van der Waals surface area contributed by atoms with Gasteiger partial charge in [-0.2, -0.15) is 0 Å². The lowest BCUT2D eigenvalue weighted by Crippen LogP contribution is -2.27. The Bertz CT molecular complexity index is 1010. The van der Waals surface area contributed by atoms with Crippen LogP contribution in [0.2, 0.25) is 0 Å². The molecule has 2 N–H and O–H groups in total. The van der Waals surface area contributed by atoms with Gasteiger partial charge in [0.25, 0.3) is 11.5 Å². The predicted molar refractivity (Wildman–Crippen MR) is 104 cm³/mol. The summed E-state index contributed by atoms with van der Waals surface area (Å²) in [4.78, 5) is 27.5. The molecule has 3 rings (SSSR count). The number of carbonyl (C=O) groups is 1. The molecule has 5 heteroatoms. The molecule has 0 saturated heterocycles. The number of H-pyrrole nitrogens is 1. The molecule has 128 valence electrons. The van der Waals surface area contributed by atoms with E-state index >= 15 is 0 Å². The van der Waals surface area contributed by atoms with Gasteiger partial charge in [0, 0.05) is 22.0 Å². The number of aromatic nitrogens is 1. The molecule has 0 aliphatic rings. The molecule has 0 fully saturated rings. The molecule has 0 aliphatic heterocycles. The van der Waals surface area contributed by atoms with Crippen LogP contribution >= 0.6 is 15.9 Å². The quantitative estimate of drug-likeness (QED) is 0.700. The number of aromatic amines is 1. The van der Waals surface area contributed by atoms with Gasteiger partial charge < -0.3 is 10.3 Å². The van der Waals surface area contributed by atoms with Crippen molar-refractivity contribution in [2.45, 2.75) is 20.3 Å². The second kappa shape index (κ2) is 7.23. The summed E-state index contributed by atoms with van der Waals surface area (Å²) < 4.78 is 0.752. The van der Waals surface area contributed by atoms with Crippen molar-refractivity contribution in [1.29, 1.82) is 0 Å². The Morgan fingerprint density at radius 1 is 1.12 bits per heavy atom. The number of nitrogens with one attached hydrogen (secondary N) is 2. The van der Waals surface area contributed by atoms with Crippen molar-refractivity contribution < 1.29 is 4.79 Å². The van der Waals surface area contributed by atoms with Crippen molar-refractivity contribution in [3.63, 3.8) is 0 Å². The lowest BCUT2D eigenvalue weighted by Gasteiger charge is -2.09. The molecular formula is C20H19BrN2O2. The molecule has 1 aromatic heterocycles. The monoisotopic (exact) mass is 398 g/mol. The first-order valence-corrected chi connectivity index (χ1v) is 8.91. The maximum absolute atomic E-state index is 12.3. The zero-order valence-electron chi connectivity index (χ0n) is 14.2. The van der Waals surface area contributed by atoms with Crippen LogP contribution in [0.5, 0.6) is 0 Å². The average molecular weight is 399 g/mol. The molecule has 25 heavy (non-hydrogen) atoms. The first kappa shape index (κ1) is 17.4. The summed E-state index contributed by atoms with van der Waals surface area (Å²) in [6.45, 7) is 4.41. The van der Waals surface area contributed by atoms with Gasteiger partial charge in [0.1, 0.15) is 0 Å². The summed E-state index contributed by atoms with van der Waals surface area (Å²) in [5.41, 5.74) is 4.21. The van der Waals surface area contributed by atoms with Gasteiger partial charge in [0.05, 0.1) is 11.1 Å². The Hall–Kier alpha value is -2.40. The zero-order valence-corrected chi connectivity index (χ0v) is 15.7. The van der Waals surface area contributed by atoms with Crippen LogP contribution in [0.15, 0.2) is 51.7 Å². The third-order valence-electron chi connectivity index (χ3n) is 4.32. The fraction of sp³-hybridized carbons (Fsp3) is 0.200. The fourth-order valence-corrected chi connectivity index (χ4v) is 3.32. The van der Waals surface area contributed by atoms with Crippen LogP contribution < -0.4 is 10.9 Å². The van der Waals surface area contributed by atoms with Crippen molar-refractivity contribution in [2.24, 2.45) is 0 Å². The summed E-state index contributed by atoms with van der Waals surface area (Å²) >= 11 is 3.37. The topological polar surface area (TPSA) is 62.0 Å². The minimum Gasteiger partial charge on any atom is -0.352 e. The van der Waals surface area contributed by atoms with Gasteiger partial charge in [0.15, 0.2) is 0 Å². The Morgan fingerprint density at radius 3 is 2.60 bits per heavy atom. The van der Waals surface area contributed by atoms with Crippen LogP contribution in [0.3, 0.4) is 0 Å². The van der Waals surface area contributed by atoms with Crippen LogP contribution in [-0.2, 0) is 6.42 Å². The van der Waals surface area contributed by atoms with E-state index in [1.54, 1.807) is 6.07 Å². The molecule has 4 nitrogen and oxygen atoms in total. The minimum atomic E-state index is -0.156. The number of hydrogen-bond donors (Lipinski definition) is 2. The lowest BCUT2D eigenvalue weighted by atomic mass is 10.0. The van der Waals surface area contributed by atoms with Crippen LogP contribution in [-0.4, -0.2) is 17.4 Å². The largest absolute Gasteiger partial charge is 0.352 e. The van der Waals surface area contributed by atoms with Gasteiger partial charge in [-0.05, 0) is 65.5 Å². The van der Waals surface area contributed by atoms with Crippen LogP contribution in [0.1, 0.15) is 27.0 Å². The summed E-state index contributed by atoms with van der Waals surface area (Å²) in [6.07, 6.45) is 0.481. The standard InChI is InChI=1S/C20H19BrN2O2/c1-12-7-8-13(2)18-16(12)11-14(19(24)23-18)9-10-22-20(25)15-5-3-4-6-17(15)21/h3-8,11H,9-10H2,1-2H3,(H,22,25)(H,23,24). The highest BCUT2D eigenvalue weighted by Crippen LogP contribution is 2.20. The zero-order chi connectivity index (χ0) is 18.0. The van der Waals surface area contributed by atoms with E-state index in [-0.39, 0.29) is 11.5 Å². The first-order valence-electron chi connectivity index (χ1n) is 8.12. The predicted octanol–water partition coefficient (Wildman–Crippen LogP) is 3.88. The third-order valence-corrected chi connectivity index (χ3v) is 5.01. The molecule has 0 radical (unpaired) electrons. The molecule has 1 amide bonds. The van der Waals surface area contributed by atoms with E-state index in [9.17, 15) is 9.59 Å². The normalized spacial score (nSPS) is 10.8. The molecule has 0 atom stereocenters. The SMILES string of the molecule is Cc1ccc(C)c2[nH]c(=O)c(CCNC(=O)c3ccccc3Br)cc12. The lowest BCUT2D eigenvalue weighted by molar-refractivity contribution is 0.0953. The number of fused-ring (bicyclic) bond motifs is 1. The van der Waals surface area contributed by atoms with Crippen LogP contribution in [0, 0.1) is 13.8 Å². The second-order valence-electron chi connectivity index (χ2n) is 6.10. The van der Waals surface area contributed by atoms with Crippen molar-refractivity contribution in [1.82, 2.24) is 10.3 Å². The van der Waals surface area contributed by atoms with Gasteiger partial charge in [-0.15, -0.1) is 0 Å². The number of amides is 1. The van der Waals surface area contributed by atoms with Gasteiger partial charge in [-0.3, -0.25) is 9.59 Å². The highest BCUT2D eigenvalue weighted by Gasteiger charge is 2.10. The number of rotatable bonds is 4. The molecular weight excluding hydrogens is 380 g/mol.